The van der Waals surface area contributed by atoms with Crippen molar-refractivity contribution >= 4 is 0 Å². The van der Waals surface area contributed by atoms with E-state index in [1.807, 2.05) is 25.1 Å². The quantitative estimate of drug-likeness (QED) is 0.559. The van der Waals surface area contributed by atoms with Gasteiger partial charge in [-0.1, -0.05) is 42.5 Å². The molecule has 0 bridgehead atoms. The topological polar surface area (TPSA) is 99.4 Å². The fourth-order valence-electron chi connectivity index (χ4n) is 4.53. The van der Waals surface area contributed by atoms with Crippen LogP contribution < -0.4 is 0 Å². The van der Waals surface area contributed by atoms with Gasteiger partial charge in [-0.3, -0.25) is 0 Å². The molecular formula is C25H32O6. The van der Waals surface area contributed by atoms with Gasteiger partial charge < -0.3 is 29.9 Å². The van der Waals surface area contributed by atoms with Crippen molar-refractivity contribution in [2.24, 2.45) is 5.92 Å². The Bertz CT molecular complexity index is 859. The molecule has 31 heavy (non-hydrogen) atoms. The number of aliphatic hydroxyl groups excluding tert-OH is 4. The molecule has 0 saturated carbocycles. The summed E-state index contributed by atoms with van der Waals surface area (Å²) in [6.45, 7) is 3.33. The van der Waals surface area contributed by atoms with Crippen molar-refractivity contribution in [3.63, 3.8) is 0 Å². The van der Waals surface area contributed by atoms with E-state index in [2.05, 4.69) is 24.3 Å². The summed E-state index contributed by atoms with van der Waals surface area (Å²) in [5, 5.41) is 40.0. The average Bonchev–Trinajstić information content (AvgIpc) is 3.28. The number of hydrogen-bond acceptors (Lipinski definition) is 6. The van der Waals surface area contributed by atoms with Crippen LogP contribution in [-0.2, 0) is 22.3 Å². The van der Waals surface area contributed by atoms with Gasteiger partial charge in [-0.15, -0.1) is 0 Å². The molecule has 6 nitrogen and oxygen atoms in total. The Hall–Kier alpha value is -1.80. The lowest BCUT2D eigenvalue weighted by Gasteiger charge is -2.40. The van der Waals surface area contributed by atoms with E-state index in [4.69, 9.17) is 9.47 Å². The summed E-state index contributed by atoms with van der Waals surface area (Å²) in [6, 6.07) is 14.5. The Balaban J connectivity index is 1.49. The Labute approximate surface area is 183 Å². The third kappa shape index (κ3) is 5.00. The highest BCUT2D eigenvalue weighted by Gasteiger charge is 2.43. The number of aliphatic hydroxyl groups is 4. The third-order valence-electron chi connectivity index (χ3n) is 6.56. The van der Waals surface area contributed by atoms with E-state index >= 15 is 0 Å². The number of ether oxygens (including phenoxy) is 2. The van der Waals surface area contributed by atoms with E-state index in [9.17, 15) is 20.4 Å². The van der Waals surface area contributed by atoms with E-state index < -0.39 is 37.1 Å². The molecule has 2 aromatic carbocycles. The Morgan fingerprint density at radius 3 is 2.35 bits per heavy atom. The van der Waals surface area contributed by atoms with Gasteiger partial charge >= 0.3 is 0 Å². The molecule has 0 amide bonds. The summed E-state index contributed by atoms with van der Waals surface area (Å²) in [5.74, 6) is 0.614. The molecule has 0 aromatic heterocycles. The number of hydrogen-bond donors (Lipinski definition) is 4. The monoisotopic (exact) mass is 428 g/mol. The molecule has 0 unspecified atom stereocenters. The van der Waals surface area contributed by atoms with Gasteiger partial charge in [0.2, 0.25) is 0 Å². The van der Waals surface area contributed by atoms with Crippen LogP contribution in [0.15, 0.2) is 42.5 Å². The summed E-state index contributed by atoms with van der Waals surface area (Å²) < 4.78 is 11.2. The van der Waals surface area contributed by atoms with Gasteiger partial charge in [-0.05, 0) is 59.9 Å². The highest BCUT2D eigenvalue weighted by atomic mass is 16.5. The summed E-state index contributed by atoms with van der Waals surface area (Å²) >= 11 is 0. The van der Waals surface area contributed by atoms with Gasteiger partial charge in [-0.25, -0.2) is 0 Å². The van der Waals surface area contributed by atoms with Crippen LogP contribution in [0.2, 0.25) is 0 Å². The van der Waals surface area contributed by atoms with E-state index in [1.165, 1.54) is 11.1 Å². The average molecular weight is 429 g/mol. The first-order valence-electron chi connectivity index (χ1n) is 11.0. The minimum absolute atomic E-state index is 0.431. The summed E-state index contributed by atoms with van der Waals surface area (Å²) in [4.78, 5) is 0. The van der Waals surface area contributed by atoms with Gasteiger partial charge in [0.25, 0.3) is 0 Å². The molecule has 168 valence electrons. The predicted octanol–water partition coefficient (Wildman–Crippen LogP) is 1.68. The number of rotatable bonds is 6. The smallest absolute Gasteiger partial charge is 0.113 e. The molecule has 2 fully saturated rings. The van der Waals surface area contributed by atoms with Crippen molar-refractivity contribution in [3.05, 3.63) is 70.3 Å². The van der Waals surface area contributed by atoms with Crippen LogP contribution in [0, 0.1) is 12.8 Å². The lowest BCUT2D eigenvalue weighted by Crippen LogP contribution is -2.55. The van der Waals surface area contributed by atoms with Crippen LogP contribution in [-0.4, -0.2) is 64.7 Å². The van der Waals surface area contributed by atoms with Crippen LogP contribution in [0.3, 0.4) is 0 Å². The molecule has 0 radical (unpaired) electrons. The zero-order valence-corrected chi connectivity index (χ0v) is 17.9. The van der Waals surface area contributed by atoms with Gasteiger partial charge in [0.05, 0.1) is 6.61 Å². The van der Waals surface area contributed by atoms with Crippen molar-refractivity contribution in [3.8, 4) is 0 Å². The highest BCUT2D eigenvalue weighted by molar-refractivity contribution is 5.37. The number of aryl methyl sites for hydroxylation is 1. The molecule has 6 atom stereocenters. The fraction of sp³-hybridized carbons (Fsp3) is 0.520. The van der Waals surface area contributed by atoms with Crippen molar-refractivity contribution < 1.29 is 29.9 Å². The third-order valence-corrected chi connectivity index (χ3v) is 6.56. The molecule has 2 aliphatic rings. The van der Waals surface area contributed by atoms with Gasteiger partial charge in [0, 0.05) is 13.2 Å². The second-order valence-corrected chi connectivity index (χ2v) is 8.86. The Morgan fingerprint density at radius 1 is 0.935 bits per heavy atom. The van der Waals surface area contributed by atoms with E-state index in [0.717, 1.165) is 49.2 Å². The maximum absolute atomic E-state index is 10.4. The first-order chi connectivity index (χ1) is 15.0. The normalized spacial score (nSPS) is 31.1. The van der Waals surface area contributed by atoms with Crippen molar-refractivity contribution in [2.45, 2.75) is 56.7 Å². The minimum Gasteiger partial charge on any atom is -0.394 e. The predicted molar refractivity (Wildman–Crippen MR) is 116 cm³/mol. The fourth-order valence-corrected chi connectivity index (χ4v) is 4.53. The molecule has 4 N–H and O–H groups in total. The Kier molecular flexibility index (Phi) is 7.06. The molecule has 2 aromatic rings. The SMILES string of the molecule is Cc1ccc([C@@H]2O[C@H](CO)[C@@H](O)[C@H](O)[C@H]2O)cc1Cc1ccc(C[C@@H]2CCOC2)cc1. The van der Waals surface area contributed by atoms with Crippen LogP contribution in [0.4, 0.5) is 0 Å². The van der Waals surface area contributed by atoms with Crippen molar-refractivity contribution in [1.29, 1.82) is 0 Å². The summed E-state index contributed by atoms with van der Waals surface area (Å²) in [6.07, 6.45) is -2.81. The molecule has 0 aliphatic carbocycles. The molecular weight excluding hydrogens is 396 g/mol. The largest absolute Gasteiger partial charge is 0.394 e. The molecule has 2 aliphatic heterocycles. The molecule has 6 heteroatoms. The van der Waals surface area contributed by atoms with E-state index in [1.54, 1.807) is 0 Å². The molecule has 2 saturated heterocycles. The van der Waals surface area contributed by atoms with Crippen molar-refractivity contribution in [2.75, 3.05) is 19.8 Å². The maximum atomic E-state index is 10.4. The highest BCUT2D eigenvalue weighted by Crippen LogP contribution is 2.33. The zero-order chi connectivity index (χ0) is 22.0. The zero-order valence-electron chi connectivity index (χ0n) is 17.9. The lowest BCUT2D eigenvalue weighted by molar-refractivity contribution is -0.231. The second kappa shape index (κ2) is 9.77. The first kappa shape index (κ1) is 22.4. The van der Waals surface area contributed by atoms with E-state index in [-0.39, 0.29) is 0 Å². The standard InChI is InChI=1S/C25H32O6/c1-15-2-7-19(25-24(29)23(28)22(27)21(13-26)31-25)12-20(15)11-17-5-3-16(4-6-17)10-18-8-9-30-14-18/h2-7,12,18,21-29H,8-11,13-14H2,1H3/t18-,21+,22+,23-,24+,25-/m0/s1. The minimum atomic E-state index is -1.38. The summed E-state index contributed by atoms with van der Waals surface area (Å²) in [7, 11) is 0. The van der Waals surface area contributed by atoms with Gasteiger partial charge in [0.15, 0.2) is 0 Å². The number of benzene rings is 2. The van der Waals surface area contributed by atoms with Gasteiger partial charge in [0.1, 0.15) is 30.5 Å². The first-order valence-corrected chi connectivity index (χ1v) is 11.0. The molecule has 4 rings (SSSR count). The van der Waals surface area contributed by atoms with E-state index in [0.29, 0.717) is 5.92 Å². The molecule has 0 spiro atoms. The van der Waals surface area contributed by atoms with Gasteiger partial charge in [-0.2, -0.15) is 0 Å². The lowest BCUT2D eigenvalue weighted by atomic mass is 9.89. The maximum Gasteiger partial charge on any atom is 0.113 e. The van der Waals surface area contributed by atoms with Crippen LogP contribution in [0.5, 0.6) is 0 Å². The molecule has 2 heterocycles. The second-order valence-electron chi connectivity index (χ2n) is 8.86. The Morgan fingerprint density at radius 2 is 1.68 bits per heavy atom. The van der Waals surface area contributed by atoms with Crippen LogP contribution in [0.1, 0.15) is 40.3 Å². The van der Waals surface area contributed by atoms with Crippen LogP contribution in [0.25, 0.3) is 0 Å². The van der Waals surface area contributed by atoms with Crippen LogP contribution >= 0.6 is 0 Å². The summed E-state index contributed by atoms with van der Waals surface area (Å²) in [5.41, 5.74) is 5.47. The van der Waals surface area contributed by atoms with Crippen molar-refractivity contribution in [1.82, 2.24) is 0 Å².